The van der Waals surface area contributed by atoms with Crippen LogP contribution in [0.2, 0.25) is 0 Å². The number of nitrogen functional groups attached to an aromatic ring is 1. The lowest BCUT2D eigenvalue weighted by atomic mass is 10.1. The van der Waals surface area contributed by atoms with Crippen molar-refractivity contribution in [1.82, 2.24) is 0 Å². The number of rotatable bonds is 3. The van der Waals surface area contributed by atoms with Crippen LogP contribution in [-0.2, 0) is 12.8 Å². The lowest BCUT2D eigenvalue weighted by molar-refractivity contribution is 0.0697. The van der Waals surface area contributed by atoms with Crippen molar-refractivity contribution in [3.63, 3.8) is 0 Å². The molecule has 2 aromatic rings. The topological polar surface area (TPSA) is 75.4 Å². The Labute approximate surface area is 117 Å². The highest BCUT2D eigenvalue weighted by molar-refractivity contribution is 5.90. The molecule has 0 bridgehead atoms. The molecule has 0 spiro atoms. The smallest absolute Gasteiger partial charge is 0.335 e. The predicted molar refractivity (Wildman–Crippen MR) is 79.6 cm³/mol. The van der Waals surface area contributed by atoms with E-state index in [1.807, 2.05) is 6.07 Å². The van der Waals surface area contributed by atoms with Gasteiger partial charge in [0.1, 0.15) is 0 Å². The number of aromatic carboxylic acids is 1. The molecule has 4 N–H and O–H groups in total. The van der Waals surface area contributed by atoms with Crippen LogP contribution >= 0.6 is 0 Å². The van der Waals surface area contributed by atoms with Gasteiger partial charge in [-0.15, -0.1) is 0 Å². The molecule has 0 radical (unpaired) electrons. The molecule has 1 aliphatic carbocycles. The SMILES string of the molecule is Nc1cc(C(=O)O)ccc1Nc1ccc2c(c1)CCC2. The third-order valence-corrected chi connectivity index (χ3v) is 3.68. The summed E-state index contributed by atoms with van der Waals surface area (Å²) in [5.41, 5.74) is 11.0. The van der Waals surface area contributed by atoms with Crippen molar-refractivity contribution in [3.8, 4) is 0 Å². The molecule has 0 aliphatic heterocycles. The minimum atomic E-state index is -0.971. The maximum atomic E-state index is 10.9. The molecule has 4 heteroatoms. The van der Waals surface area contributed by atoms with Crippen LogP contribution in [0.5, 0.6) is 0 Å². The second-order valence-corrected chi connectivity index (χ2v) is 5.07. The number of carboxylic acid groups (broad SMARTS) is 1. The van der Waals surface area contributed by atoms with Gasteiger partial charge in [0.05, 0.1) is 16.9 Å². The van der Waals surface area contributed by atoms with Gasteiger partial charge in [0.25, 0.3) is 0 Å². The molecule has 3 rings (SSSR count). The van der Waals surface area contributed by atoms with Crippen LogP contribution in [0.15, 0.2) is 36.4 Å². The van der Waals surface area contributed by atoms with E-state index < -0.39 is 5.97 Å². The lowest BCUT2D eigenvalue weighted by Crippen LogP contribution is -2.01. The van der Waals surface area contributed by atoms with E-state index in [4.69, 9.17) is 10.8 Å². The third kappa shape index (κ3) is 2.32. The van der Waals surface area contributed by atoms with Crippen LogP contribution in [-0.4, -0.2) is 11.1 Å². The molecule has 0 aromatic heterocycles. The lowest BCUT2D eigenvalue weighted by Gasteiger charge is -2.11. The summed E-state index contributed by atoms with van der Waals surface area (Å²) >= 11 is 0. The first-order chi connectivity index (χ1) is 9.63. The first kappa shape index (κ1) is 12.5. The first-order valence-corrected chi connectivity index (χ1v) is 6.65. The Bertz CT molecular complexity index is 680. The van der Waals surface area contributed by atoms with Crippen LogP contribution in [0.4, 0.5) is 17.1 Å². The average molecular weight is 268 g/mol. The van der Waals surface area contributed by atoms with Crippen molar-refractivity contribution in [2.75, 3.05) is 11.1 Å². The zero-order valence-electron chi connectivity index (χ0n) is 11.0. The summed E-state index contributed by atoms with van der Waals surface area (Å²) < 4.78 is 0. The quantitative estimate of drug-likeness (QED) is 0.747. The normalized spacial score (nSPS) is 13.0. The number of nitrogens with two attached hydrogens (primary N) is 1. The Balaban J connectivity index is 1.86. The highest BCUT2D eigenvalue weighted by atomic mass is 16.4. The molecule has 0 atom stereocenters. The summed E-state index contributed by atoms with van der Waals surface area (Å²) in [7, 11) is 0. The zero-order valence-corrected chi connectivity index (χ0v) is 11.0. The first-order valence-electron chi connectivity index (χ1n) is 6.65. The van der Waals surface area contributed by atoms with Gasteiger partial charge in [-0.05, 0) is 60.7 Å². The van der Waals surface area contributed by atoms with Crippen molar-refractivity contribution in [3.05, 3.63) is 53.1 Å². The molecule has 0 saturated carbocycles. The molecule has 0 heterocycles. The summed E-state index contributed by atoms with van der Waals surface area (Å²) in [6, 6.07) is 11.0. The summed E-state index contributed by atoms with van der Waals surface area (Å²) in [4.78, 5) is 10.9. The number of aryl methyl sites for hydroxylation is 2. The van der Waals surface area contributed by atoms with E-state index in [1.165, 1.54) is 23.6 Å². The standard InChI is InChI=1S/C16H16N2O2/c17-14-9-12(16(19)20)5-7-15(14)18-13-6-4-10-2-1-3-11(10)8-13/h4-9,18H,1-3,17H2,(H,19,20). The Kier molecular flexibility index (Phi) is 3.06. The molecular weight excluding hydrogens is 252 g/mol. The van der Waals surface area contributed by atoms with Gasteiger partial charge in [-0.25, -0.2) is 4.79 Å². The van der Waals surface area contributed by atoms with E-state index in [-0.39, 0.29) is 5.56 Å². The van der Waals surface area contributed by atoms with Gasteiger partial charge in [0, 0.05) is 5.69 Å². The molecule has 4 nitrogen and oxygen atoms in total. The van der Waals surface area contributed by atoms with Gasteiger partial charge < -0.3 is 16.2 Å². The van der Waals surface area contributed by atoms with Gasteiger partial charge in [-0.3, -0.25) is 0 Å². The van der Waals surface area contributed by atoms with Crippen LogP contribution in [0, 0.1) is 0 Å². The fourth-order valence-corrected chi connectivity index (χ4v) is 2.61. The van der Waals surface area contributed by atoms with Crippen molar-refractivity contribution in [2.24, 2.45) is 0 Å². The van der Waals surface area contributed by atoms with E-state index in [1.54, 1.807) is 12.1 Å². The van der Waals surface area contributed by atoms with Gasteiger partial charge >= 0.3 is 5.97 Å². The molecule has 0 unspecified atom stereocenters. The fraction of sp³-hybridized carbons (Fsp3) is 0.188. The molecule has 20 heavy (non-hydrogen) atoms. The van der Waals surface area contributed by atoms with Crippen molar-refractivity contribution < 1.29 is 9.90 Å². The van der Waals surface area contributed by atoms with Crippen LogP contribution in [0.1, 0.15) is 27.9 Å². The molecule has 0 saturated heterocycles. The summed E-state index contributed by atoms with van der Waals surface area (Å²) in [6.45, 7) is 0. The molecule has 102 valence electrons. The molecule has 2 aromatic carbocycles. The highest BCUT2D eigenvalue weighted by Gasteiger charge is 2.11. The van der Waals surface area contributed by atoms with E-state index in [9.17, 15) is 4.79 Å². The minimum absolute atomic E-state index is 0.196. The summed E-state index contributed by atoms with van der Waals surface area (Å²) in [6.07, 6.45) is 3.50. The maximum Gasteiger partial charge on any atom is 0.335 e. The Morgan fingerprint density at radius 1 is 1.10 bits per heavy atom. The van der Waals surface area contributed by atoms with E-state index in [0.29, 0.717) is 5.69 Å². The number of hydrogen-bond donors (Lipinski definition) is 3. The molecule has 1 aliphatic rings. The van der Waals surface area contributed by atoms with E-state index in [0.717, 1.165) is 24.2 Å². The monoisotopic (exact) mass is 268 g/mol. The summed E-state index contributed by atoms with van der Waals surface area (Å²) in [5.74, 6) is -0.971. The molecule has 0 fully saturated rings. The fourth-order valence-electron chi connectivity index (χ4n) is 2.61. The Morgan fingerprint density at radius 3 is 2.65 bits per heavy atom. The molecule has 0 amide bonds. The van der Waals surface area contributed by atoms with Crippen LogP contribution < -0.4 is 11.1 Å². The van der Waals surface area contributed by atoms with Gasteiger partial charge in [0.15, 0.2) is 0 Å². The van der Waals surface area contributed by atoms with Gasteiger partial charge in [0.2, 0.25) is 0 Å². The zero-order chi connectivity index (χ0) is 14.1. The number of fused-ring (bicyclic) bond motifs is 1. The predicted octanol–water partition coefficient (Wildman–Crippen LogP) is 3.20. The van der Waals surface area contributed by atoms with Crippen LogP contribution in [0.25, 0.3) is 0 Å². The maximum absolute atomic E-state index is 10.9. The van der Waals surface area contributed by atoms with Gasteiger partial charge in [-0.2, -0.15) is 0 Å². The highest BCUT2D eigenvalue weighted by Crippen LogP contribution is 2.28. The largest absolute Gasteiger partial charge is 0.478 e. The van der Waals surface area contributed by atoms with Crippen molar-refractivity contribution >= 4 is 23.0 Å². The van der Waals surface area contributed by atoms with Crippen molar-refractivity contribution in [1.29, 1.82) is 0 Å². The van der Waals surface area contributed by atoms with E-state index >= 15 is 0 Å². The van der Waals surface area contributed by atoms with Crippen LogP contribution in [0.3, 0.4) is 0 Å². The van der Waals surface area contributed by atoms with Crippen molar-refractivity contribution in [2.45, 2.75) is 19.3 Å². The Hall–Kier alpha value is -2.49. The number of carboxylic acids is 1. The second kappa shape index (κ2) is 4.89. The number of benzene rings is 2. The second-order valence-electron chi connectivity index (χ2n) is 5.07. The number of anilines is 3. The number of carbonyl (C=O) groups is 1. The molecular formula is C16H16N2O2. The van der Waals surface area contributed by atoms with E-state index in [2.05, 4.69) is 17.4 Å². The number of nitrogens with one attached hydrogen (secondary N) is 1. The Morgan fingerprint density at radius 2 is 1.90 bits per heavy atom. The van der Waals surface area contributed by atoms with Gasteiger partial charge in [-0.1, -0.05) is 6.07 Å². The average Bonchev–Trinajstić information content (AvgIpc) is 2.88. The number of hydrogen-bond acceptors (Lipinski definition) is 3. The minimum Gasteiger partial charge on any atom is -0.478 e. The third-order valence-electron chi connectivity index (χ3n) is 3.68. The summed E-state index contributed by atoms with van der Waals surface area (Å²) in [5, 5.41) is 12.2.